The molecule has 0 fully saturated rings. The Kier molecular flexibility index (Phi) is 3.24. The van der Waals surface area contributed by atoms with Crippen LogP contribution < -0.4 is 5.32 Å². The number of nitrogens with one attached hydrogen (secondary N) is 1. The second-order valence-electron chi connectivity index (χ2n) is 5.96. The van der Waals surface area contributed by atoms with E-state index in [0.29, 0.717) is 0 Å². The van der Waals surface area contributed by atoms with Gasteiger partial charge in [0.05, 0.1) is 18.4 Å². The molecule has 2 aromatic rings. The Balaban J connectivity index is 1.94. The molecule has 1 atom stereocenters. The van der Waals surface area contributed by atoms with Crippen molar-refractivity contribution in [1.82, 2.24) is 10.3 Å². The first-order chi connectivity index (χ1) is 10.3. The fourth-order valence-electron chi connectivity index (χ4n) is 3.41. The molecule has 21 heavy (non-hydrogen) atoms. The summed E-state index contributed by atoms with van der Waals surface area (Å²) in [4.78, 5) is 5.04. The van der Waals surface area contributed by atoms with E-state index in [1.54, 1.807) is 0 Å². The van der Waals surface area contributed by atoms with Crippen LogP contribution in [0.1, 0.15) is 29.3 Å². The Morgan fingerprint density at radius 1 is 1.14 bits per heavy atom. The molecule has 1 aromatic carbocycles. The van der Waals surface area contributed by atoms with Gasteiger partial charge in [0.2, 0.25) is 0 Å². The van der Waals surface area contributed by atoms with Crippen LogP contribution in [0.5, 0.6) is 0 Å². The van der Waals surface area contributed by atoms with Crippen LogP contribution in [0.15, 0.2) is 30.3 Å². The van der Waals surface area contributed by atoms with Crippen LogP contribution in [0.25, 0.3) is 11.3 Å². The molecule has 0 saturated heterocycles. The summed E-state index contributed by atoms with van der Waals surface area (Å²) in [5.41, 5.74) is 7.80. The summed E-state index contributed by atoms with van der Waals surface area (Å²) in [6.45, 7) is 4.82. The van der Waals surface area contributed by atoms with Crippen molar-refractivity contribution in [3.8, 4) is 11.3 Å². The van der Waals surface area contributed by atoms with E-state index in [4.69, 9.17) is 9.72 Å². The summed E-state index contributed by atoms with van der Waals surface area (Å²) in [6, 6.07) is 10.6. The zero-order chi connectivity index (χ0) is 14.2. The molecule has 0 aliphatic carbocycles. The second kappa shape index (κ2) is 5.24. The molecule has 108 valence electrons. The van der Waals surface area contributed by atoms with Crippen LogP contribution in [0.4, 0.5) is 0 Å². The van der Waals surface area contributed by atoms with E-state index < -0.39 is 0 Å². The Morgan fingerprint density at radius 3 is 2.86 bits per heavy atom. The Labute approximate surface area is 125 Å². The normalized spacial score (nSPS) is 20.7. The lowest BCUT2D eigenvalue weighted by atomic mass is 9.89. The second-order valence-corrected chi connectivity index (χ2v) is 5.96. The minimum Gasteiger partial charge on any atom is -0.373 e. The molecule has 1 N–H and O–H groups in total. The van der Waals surface area contributed by atoms with Crippen molar-refractivity contribution in [2.45, 2.75) is 39.0 Å². The van der Waals surface area contributed by atoms with Gasteiger partial charge in [0, 0.05) is 37.2 Å². The molecule has 0 spiro atoms. The Bertz CT molecular complexity index is 667. The molecule has 4 rings (SSSR count). The van der Waals surface area contributed by atoms with Gasteiger partial charge in [-0.3, -0.25) is 4.98 Å². The van der Waals surface area contributed by atoms with E-state index in [0.717, 1.165) is 32.5 Å². The molecule has 2 aliphatic heterocycles. The fraction of sp³-hybridized carbons (Fsp3) is 0.389. The Morgan fingerprint density at radius 2 is 2.00 bits per heavy atom. The number of benzene rings is 1. The largest absolute Gasteiger partial charge is 0.373 e. The molecule has 1 aromatic heterocycles. The van der Waals surface area contributed by atoms with Crippen LogP contribution in [0, 0.1) is 0 Å². The first-order valence-corrected chi connectivity index (χ1v) is 7.74. The van der Waals surface area contributed by atoms with Crippen LogP contribution in [0.2, 0.25) is 0 Å². The van der Waals surface area contributed by atoms with Gasteiger partial charge in [-0.1, -0.05) is 30.3 Å². The molecular formula is C18H20N2O. The summed E-state index contributed by atoms with van der Waals surface area (Å²) in [6.07, 6.45) is 2.24. The maximum Gasteiger partial charge on any atom is 0.0742 e. The summed E-state index contributed by atoms with van der Waals surface area (Å²) in [5.74, 6) is 0. The molecule has 2 aliphatic rings. The standard InChI is InChI=1S/C18H20N2O/c1-12-9-14-16(11-21-12)15-10-19-8-7-17(15)20-18(14)13-5-3-2-4-6-13/h2-6,12,19H,7-11H2,1H3. The van der Waals surface area contributed by atoms with Gasteiger partial charge in [-0.25, -0.2) is 0 Å². The topological polar surface area (TPSA) is 34.1 Å². The van der Waals surface area contributed by atoms with E-state index >= 15 is 0 Å². The maximum absolute atomic E-state index is 5.91. The predicted octanol–water partition coefficient (Wildman–Crippen LogP) is 2.86. The number of rotatable bonds is 1. The van der Waals surface area contributed by atoms with Crippen molar-refractivity contribution in [3.63, 3.8) is 0 Å². The number of hydrogen-bond acceptors (Lipinski definition) is 3. The lowest BCUT2D eigenvalue weighted by Crippen LogP contribution is -2.30. The minimum absolute atomic E-state index is 0.274. The van der Waals surface area contributed by atoms with Crippen molar-refractivity contribution in [1.29, 1.82) is 0 Å². The zero-order valence-electron chi connectivity index (χ0n) is 12.4. The van der Waals surface area contributed by atoms with Crippen LogP contribution in [-0.2, 0) is 30.7 Å². The van der Waals surface area contributed by atoms with Crippen molar-refractivity contribution in [2.24, 2.45) is 0 Å². The quantitative estimate of drug-likeness (QED) is 0.872. The molecule has 0 amide bonds. The van der Waals surface area contributed by atoms with Gasteiger partial charge in [0.15, 0.2) is 0 Å². The van der Waals surface area contributed by atoms with Gasteiger partial charge in [-0.15, -0.1) is 0 Å². The maximum atomic E-state index is 5.91. The number of nitrogens with zero attached hydrogens (tertiary/aromatic N) is 1. The van der Waals surface area contributed by atoms with Crippen molar-refractivity contribution >= 4 is 0 Å². The molecule has 1 unspecified atom stereocenters. The number of hydrogen-bond donors (Lipinski definition) is 1. The first-order valence-electron chi connectivity index (χ1n) is 7.74. The van der Waals surface area contributed by atoms with Gasteiger partial charge in [-0.2, -0.15) is 0 Å². The average molecular weight is 280 g/mol. The molecule has 3 nitrogen and oxygen atoms in total. The van der Waals surface area contributed by atoms with Crippen LogP contribution in [0.3, 0.4) is 0 Å². The summed E-state index contributed by atoms with van der Waals surface area (Å²) >= 11 is 0. The molecule has 0 saturated carbocycles. The monoisotopic (exact) mass is 280 g/mol. The summed E-state index contributed by atoms with van der Waals surface area (Å²) < 4.78 is 5.91. The fourth-order valence-corrected chi connectivity index (χ4v) is 3.41. The highest BCUT2D eigenvalue weighted by atomic mass is 16.5. The molecule has 3 heteroatoms. The van der Waals surface area contributed by atoms with Crippen molar-refractivity contribution in [2.75, 3.05) is 6.54 Å². The van der Waals surface area contributed by atoms with Gasteiger partial charge >= 0.3 is 0 Å². The van der Waals surface area contributed by atoms with Gasteiger partial charge in [0.25, 0.3) is 0 Å². The summed E-state index contributed by atoms with van der Waals surface area (Å²) in [7, 11) is 0. The minimum atomic E-state index is 0.274. The highest BCUT2D eigenvalue weighted by Crippen LogP contribution is 2.34. The lowest BCUT2D eigenvalue weighted by molar-refractivity contribution is 0.0403. The van der Waals surface area contributed by atoms with E-state index in [2.05, 4.69) is 42.6 Å². The first kappa shape index (κ1) is 13.0. The third kappa shape index (κ3) is 2.27. The Hall–Kier alpha value is -1.71. The lowest BCUT2D eigenvalue weighted by Gasteiger charge is -2.30. The smallest absolute Gasteiger partial charge is 0.0742 e. The highest BCUT2D eigenvalue weighted by Gasteiger charge is 2.26. The third-order valence-electron chi connectivity index (χ3n) is 4.50. The predicted molar refractivity (Wildman–Crippen MR) is 83.0 cm³/mol. The third-order valence-corrected chi connectivity index (χ3v) is 4.50. The molecule has 0 bridgehead atoms. The number of ether oxygens (including phenoxy) is 1. The van der Waals surface area contributed by atoms with Gasteiger partial charge < -0.3 is 10.1 Å². The number of fused-ring (bicyclic) bond motifs is 3. The van der Waals surface area contributed by atoms with Crippen molar-refractivity contribution in [3.05, 3.63) is 52.7 Å². The summed E-state index contributed by atoms with van der Waals surface area (Å²) in [5, 5.41) is 3.47. The van der Waals surface area contributed by atoms with Gasteiger partial charge in [0.1, 0.15) is 0 Å². The SMILES string of the molecule is CC1Cc2c(-c3ccccc3)nc3c(c2CO1)CNCC3. The van der Waals surface area contributed by atoms with E-state index in [1.807, 2.05) is 0 Å². The number of pyridine rings is 1. The van der Waals surface area contributed by atoms with Crippen LogP contribution in [-0.4, -0.2) is 17.6 Å². The molecular weight excluding hydrogens is 260 g/mol. The van der Waals surface area contributed by atoms with E-state index in [9.17, 15) is 0 Å². The highest BCUT2D eigenvalue weighted by molar-refractivity contribution is 5.66. The average Bonchev–Trinajstić information content (AvgIpc) is 2.54. The molecule has 0 radical (unpaired) electrons. The van der Waals surface area contributed by atoms with Gasteiger partial charge in [-0.05, 0) is 23.6 Å². The van der Waals surface area contributed by atoms with E-state index in [-0.39, 0.29) is 6.10 Å². The zero-order valence-corrected chi connectivity index (χ0v) is 12.4. The van der Waals surface area contributed by atoms with Crippen LogP contribution >= 0.6 is 0 Å². The molecule has 3 heterocycles. The van der Waals surface area contributed by atoms with E-state index in [1.165, 1.54) is 33.6 Å². The number of aromatic nitrogens is 1. The van der Waals surface area contributed by atoms with Crippen molar-refractivity contribution < 1.29 is 4.74 Å².